The molecule has 1 heterocycles. The lowest BCUT2D eigenvalue weighted by molar-refractivity contribution is 0.101. The molecule has 0 amide bonds. The molecule has 3 aromatic carbocycles. The van der Waals surface area contributed by atoms with Crippen LogP contribution in [0.1, 0.15) is 41.8 Å². The summed E-state index contributed by atoms with van der Waals surface area (Å²) in [6, 6.07) is 15.4. The number of Topliss-reactive ketones (excluding diaryl/α,β-unsaturated/α-hetero) is 1. The van der Waals surface area contributed by atoms with Gasteiger partial charge in [0.2, 0.25) is 0 Å². The normalized spacial score (nSPS) is 11.0. The number of carbonyl (C=O) groups is 1. The van der Waals surface area contributed by atoms with Crippen molar-refractivity contribution < 1.29 is 14.6 Å². The highest BCUT2D eigenvalue weighted by molar-refractivity contribution is 5.97. The van der Waals surface area contributed by atoms with E-state index in [0.717, 1.165) is 39.6 Å². The number of aromatic nitrogens is 4. The lowest BCUT2D eigenvalue weighted by Crippen LogP contribution is -2.04. The van der Waals surface area contributed by atoms with Gasteiger partial charge in [-0.15, -0.1) is 5.10 Å². The Morgan fingerprint density at radius 3 is 2.63 bits per heavy atom. The molecule has 0 fully saturated rings. The van der Waals surface area contributed by atoms with Crippen LogP contribution in [0.25, 0.3) is 22.2 Å². The van der Waals surface area contributed by atoms with Crippen molar-refractivity contribution in [3.8, 4) is 22.9 Å². The third-order valence-electron chi connectivity index (χ3n) is 5.08. The molecule has 0 aliphatic heterocycles. The number of nitrogens with zero attached hydrogens (tertiary/aromatic N) is 3. The number of rotatable bonds is 7. The van der Waals surface area contributed by atoms with Crippen molar-refractivity contribution in [3.05, 3.63) is 65.2 Å². The number of benzene rings is 3. The molecule has 0 spiro atoms. The summed E-state index contributed by atoms with van der Waals surface area (Å²) in [7, 11) is 0. The minimum atomic E-state index is -0.146. The minimum absolute atomic E-state index is 0.0680. The fourth-order valence-corrected chi connectivity index (χ4v) is 3.53. The predicted molar refractivity (Wildman–Crippen MR) is 114 cm³/mol. The molecule has 0 radical (unpaired) electrons. The minimum Gasteiger partial charge on any atom is -0.507 e. The Morgan fingerprint density at radius 2 is 1.90 bits per heavy atom. The summed E-state index contributed by atoms with van der Waals surface area (Å²) < 4.78 is 6.01. The van der Waals surface area contributed by atoms with E-state index in [1.54, 1.807) is 6.07 Å². The average molecular weight is 402 g/mol. The molecular formula is C23H22N4O3. The maximum atomic E-state index is 11.7. The quantitative estimate of drug-likeness (QED) is 0.443. The lowest BCUT2D eigenvalue weighted by Gasteiger charge is -2.15. The Balaban J connectivity index is 1.57. The Labute approximate surface area is 173 Å². The largest absolute Gasteiger partial charge is 0.507 e. The van der Waals surface area contributed by atoms with E-state index < -0.39 is 0 Å². The van der Waals surface area contributed by atoms with Crippen LogP contribution < -0.4 is 4.74 Å². The fourth-order valence-electron chi connectivity index (χ4n) is 3.53. The van der Waals surface area contributed by atoms with Crippen LogP contribution in [0.15, 0.2) is 48.5 Å². The van der Waals surface area contributed by atoms with Crippen molar-refractivity contribution in [3.63, 3.8) is 0 Å². The summed E-state index contributed by atoms with van der Waals surface area (Å²) in [6.07, 6.45) is 1.55. The Morgan fingerprint density at radius 1 is 1.10 bits per heavy atom. The summed E-state index contributed by atoms with van der Waals surface area (Å²) in [5, 5.41) is 26.5. The van der Waals surface area contributed by atoms with Crippen LogP contribution in [0.2, 0.25) is 0 Å². The van der Waals surface area contributed by atoms with E-state index in [4.69, 9.17) is 4.74 Å². The number of phenolic OH excluding ortho intramolecular Hbond substituents is 1. The first kappa shape index (κ1) is 19.6. The summed E-state index contributed by atoms with van der Waals surface area (Å²) in [6.45, 7) is 3.81. The number of hydrogen-bond donors (Lipinski definition) is 2. The van der Waals surface area contributed by atoms with E-state index in [1.165, 1.54) is 6.92 Å². The van der Waals surface area contributed by atoms with Crippen molar-refractivity contribution in [1.29, 1.82) is 0 Å². The zero-order chi connectivity index (χ0) is 21.1. The molecule has 0 bridgehead atoms. The van der Waals surface area contributed by atoms with Crippen molar-refractivity contribution in [1.82, 2.24) is 20.6 Å². The van der Waals surface area contributed by atoms with Crippen LogP contribution in [-0.2, 0) is 13.0 Å². The van der Waals surface area contributed by atoms with Crippen LogP contribution in [-0.4, -0.2) is 31.5 Å². The molecular weight excluding hydrogens is 380 g/mol. The van der Waals surface area contributed by atoms with E-state index in [1.807, 2.05) is 49.4 Å². The third kappa shape index (κ3) is 3.87. The highest BCUT2D eigenvalue weighted by atomic mass is 16.5. The van der Waals surface area contributed by atoms with Crippen LogP contribution in [0.4, 0.5) is 0 Å². The molecule has 0 saturated carbocycles. The molecule has 152 valence electrons. The molecule has 0 aliphatic carbocycles. The third-order valence-corrected chi connectivity index (χ3v) is 5.08. The van der Waals surface area contributed by atoms with Crippen LogP contribution >= 0.6 is 0 Å². The molecule has 0 unspecified atom stereocenters. The molecule has 7 heteroatoms. The zero-order valence-electron chi connectivity index (χ0n) is 16.8. The van der Waals surface area contributed by atoms with E-state index in [0.29, 0.717) is 24.4 Å². The van der Waals surface area contributed by atoms with Crippen molar-refractivity contribution in [2.45, 2.75) is 33.3 Å². The monoisotopic (exact) mass is 402 g/mol. The maximum absolute atomic E-state index is 11.7. The number of hydrogen-bond acceptors (Lipinski definition) is 6. The van der Waals surface area contributed by atoms with Gasteiger partial charge in [-0.25, -0.2) is 5.10 Å². The van der Waals surface area contributed by atoms with Gasteiger partial charge in [0.25, 0.3) is 0 Å². The van der Waals surface area contributed by atoms with Gasteiger partial charge in [-0.1, -0.05) is 37.6 Å². The van der Waals surface area contributed by atoms with Gasteiger partial charge in [0, 0.05) is 11.1 Å². The van der Waals surface area contributed by atoms with E-state index in [9.17, 15) is 9.90 Å². The molecule has 4 aromatic rings. The van der Waals surface area contributed by atoms with Crippen LogP contribution in [0.5, 0.6) is 11.5 Å². The smallest absolute Gasteiger partial charge is 0.179 e. The lowest BCUT2D eigenvalue weighted by atomic mass is 9.97. The molecule has 0 atom stereocenters. The van der Waals surface area contributed by atoms with Gasteiger partial charge >= 0.3 is 0 Å². The second-order valence-corrected chi connectivity index (χ2v) is 7.17. The summed E-state index contributed by atoms with van der Waals surface area (Å²) in [5.41, 5.74) is 2.92. The fraction of sp³-hybridized carbons (Fsp3) is 0.217. The number of ketones is 1. The Bertz CT molecular complexity index is 1200. The molecule has 4 rings (SSSR count). The van der Waals surface area contributed by atoms with Gasteiger partial charge in [-0.05, 0) is 64.4 Å². The van der Waals surface area contributed by atoms with Gasteiger partial charge in [0.05, 0.1) is 5.56 Å². The number of nitrogens with one attached hydrogen (secondary N) is 1. The number of aromatic hydroxyl groups is 1. The predicted octanol–water partition coefficient (Wildman–Crippen LogP) is 4.46. The standard InChI is InChI=1S/C23H22N4O3/c1-3-4-21-18(8-10-20(14(2)28)22(21)29)13-30-19-9-7-15-11-17(6-5-16(15)12-19)23-24-26-27-25-23/h5-12,29H,3-4,13H2,1-2H3,(H,24,25,26,27). The van der Waals surface area contributed by atoms with Gasteiger partial charge in [-0.2, -0.15) is 0 Å². The van der Waals surface area contributed by atoms with E-state index >= 15 is 0 Å². The topological polar surface area (TPSA) is 101 Å². The molecule has 0 aliphatic rings. The number of aromatic amines is 1. The van der Waals surface area contributed by atoms with Gasteiger partial charge in [0.1, 0.15) is 18.1 Å². The van der Waals surface area contributed by atoms with Gasteiger partial charge in [0.15, 0.2) is 11.6 Å². The second-order valence-electron chi connectivity index (χ2n) is 7.17. The number of tetrazole rings is 1. The Hall–Kier alpha value is -3.74. The van der Waals surface area contributed by atoms with E-state index in [2.05, 4.69) is 20.6 Å². The summed E-state index contributed by atoms with van der Waals surface area (Å²) >= 11 is 0. The average Bonchev–Trinajstić information content (AvgIpc) is 3.28. The van der Waals surface area contributed by atoms with Gasteiger partial charge in [-0.3, -0.25) is 4.79 Å². The van der Waals surface area contributed by atoms with Crippen molar-refractivity contribution in [2.24, 2.45) is 0 Å². The SMILES string of the molecule is CCCc1c(COc2ccc3cc(-c4nnn[nH]4)ccc3c2)ccc(C(C)=O)c1O. The molecule has 0 saturated heterocycles. The summed E-state index contributed by atoms with van der Waals surface area (Å²) in [4.78, 5) is 11.7. The number of ether oxygens (including phenoxy) is 1. The number of carbonyl (C=O) groups excluding carboxylic acids is 1. The first-order valence-electron chi connectivity index (χ1n) is 9.82. The van der Waals surface area contributed by atoms with Crippen LogP contribution in [0.3, 0.4) is 0 Å². The highest BCUT2D eigenvalue weighted by Crippen LogP contribution is 2.30. The molecule has 7 nitrogen and oxygen atoms in total. The van der Waals surface area contributed by atoms with Crippen molar-refractivity contribution in [2.75, 3.05) is 0 Å². The first-order valence-corrected chi connectivity index (χ1v) is 9.82. The molecule has 1 aromatic heterocycles. The molecule has 2 N–H and O–H groups in total. The van der Waals surface area contributed by atoms with Crippen LogP contribution in [0, 0.1) is 0 Å². The summed E-state index contributed by atoms with van der Waals surface area (Å²) in [5.74, 6) is 1.27. The number of fused-ring (bicyclic) bond motifs is 1. The maximum Gasteiger partial charge on any atom is 0.179 e. The van der Waals surface area contributed by atoms with Gasteiger partial charge < -0.3 is 9.84 Å². The highest BCUT2D eigenvalue weighted by Gasteiger charge is 2.15. The second kappa shape index (κ2) is 8.32. The number of phenols is 1. The Kier molecular flexibility index (Phi) is 5.43. The zero-order valence-corrected chi connectivity index (χ0v) is 16.8. The first-order chi connectivity index (χ1) is 14.6. The van der Waals surface area contributed by atoms with E-state index in [-0.39, 0.29) is 11.5 Å². The number of H-pyrrole nitrogens is 1. The molecule has 30 heavy (non-hydrogen) atoms. The van der Waals surface area contributed by atoms with Crippen molar-refractivity contribution >= 4 is 16.6 Å².